The SMILES string of the molecule is CC(C)(C)[C@@H](N)c1ccc(F)c(C#N)c1. The average molecular weight is 206 g/mol. The summed E-state index contributed by atoms with van der Waals surface area (Å²) in [6, 6.07) is 6.05. The highest BCUT2D eigenvalue weighted by Crippen LogP contribution is 2.30. The Morgan fingerprint density at radius 2 is 2.00 bits per heavy atom. The second-order valence-corrected chi connectivity index (χ2v) is 4.69. The van der Waals surface area contributed by atoms with Crippen LogP contribution < -0.4 is 5.73 Å². The van der Waals surface area contributed by atoms with Crippen molar-refractivity contribution in [3.05, 3.63) is 35.1 Å². The highest BCUT2D eigenvalue weighted by atomic mass is 19.1. The molecule has 0 bridgehead atoms. The van der Waals surface area contributed by atoms with Gasteiger partial charge in [0.1, 0.15) is 11.9 Å². The van der Waals surface area contributed by atoms with E-state index in [1.165, 1.54) is 12.1 Å². The number of rotatable bonds is 1. The fourth-order valence-electron chi connectivity index (χ4n) is 1.32. The highest BCUT2D eigenvalue weighted by molar-refractivity contribution is 5.36. The molecular formula is C12H15FN2. The molecule has 0 spiro atoms. The number of hydrogen-bond acceptors (Lipinski definition) is 2. The standard InChI is InChI=1S/C12H15FN2/c1-12(2,3)11(15)8-4-5-10(13)9(6-8)7-14/h4-6,11H,15H2,1-3H3/t11-/m0/s1. The lowest BCUT2D eigenvalue weighted by Crippen LogP contribution is -2.26. The van der Waals surface area contributed by atoms with E-state index in [4.69, 9.17) is 11.0 Å². The van der Waals surface area contributed by atoms with Crippen molar-refractivity contribution >= 4 is 0 Å². The summed E-state index contributed by atoms with van der Waals surface area (Å²) in [6.07, 6.45) is 0. The molecule has 0 saturated heterocycles. The Morgan fingerprint density at radius 1 is 1.40 bits per heavy atom. The van der Waals surface area contributed by atoms with Crippen LogP contribution in [-0.2, 0) is 0 Å². The maximum atomic E-state index is 13.1. The third-order valence-electron chi connectivity index (χ3n) is 2.40. The van der Waals surface area contributed by atoms with Crippen molar-refractivity contribution in [1.82, 2.24) is 0 Å². The van der Waals surface area contributed by atoms with Crippen molar-refractivity contribution in [3.63, 3.8) is 0 Å². The third kappa shape index (κ3) is 2.54. The van der Waals surface area contributed by atoms with Crippen LogP contribution in [0, 0.1) is 22.6 Å². The molecule has 2 N–H and O–H groups in total. The Balaban J connectivity index is 3.13. The van der Waals surface area contributed by atoms with Gasteiger partial charge in [-0.2, -0.15) is 5.26 Å². The second kappa shape index (κ2) is 4.00. The first-order valence-electron chi connectivity index (χ1n) is 4.81. The fraction of sp³-hybridized carbons (Fsp3) is 0.417. The van der Waals surface area contributed by atoms with E-state index in [1.54, 1.807) is 6.07 Å². The molecule has 3 heteroatoms. The van der Waals surface area contributed by atoms with E-state index < -0.39 is 5.82 Å². The Labute approximate surface area is 89.5 Å². The molecule has 1 rings (SSSR count). The summed E-state index contributed by atoms with van der Waals surface area (Å²) < 4.78 is 13.1. The van der Waals surface area contributed by atoms with Crippen LogP contribution in [0.25, 0.3) is 0 Å². The van der Waals surface area contributed by atoms with Gasteiger partial charge in [0.25, 0.3) is 0 Å². The molecule has 0 aliphatic heterocycles. The summed E-state index contributed by atoms with van der Waals surface area (Å²) in [6.45, 7) is 6.02. The molecule has 0 aliphatic rings. The minimum absolute atomic E-state index is 0.0483. The minimum atomic E-state index is -0.498. The van der Waals surface area contributed by atoms with Gasteiger partial charge in [0, 0.05) is 6.04 Å². The van der Waals surface area contributed by atoms with Crippen molar-refractivity contribution in [1.29, 1.82) is 5.26 Å². The van der Waals surface area contributed by atoms with Crippen LogP contribution in [0.15, 0.2) is 18.2 Å². The molecule has 0 radical (unpaired) electrons. The summed E-state index contributed by atoms with van der Waals surface area (Å²) >= 11 is 0. The molecule has 0 saturated carbocycles. The summed E-state index contributed by atoms with van der Waals surface area (Å²) in [5.74, 6) is -0.498. The van der Waals surface area contributed by atoms with Crippen molar-refractivity contribution in [3.8, 4) is 6.07 Å². The number of halogens is 1. The predicted octanol–water partition coefficient (Wildman–Crippen LogP) is 2.74. The molecule has 0 fully saturated rings. The molecule has 2 nitrogen and oxygen atoms in total. The van der Waals surface area contributed by atoms with Crippen LogP contribution in [0.5, 0.6) is 0 Å². The summed E-state index contributed by atoms with van der Waals surface area (Å²) in [5, 5.41) is 8.70. The molecule has 0 aliphatic carbocycles. The molecular weight excluding hydrogens is 191 g/mol. The lowest BCUT2D eigenvalue weighted by Gasteiger charge is -2.27. The van der Waals surface area contributed by atoms with Crippen LogP contribution in [-0.4, -0.2) is 0 Å². The summed E-state index contributed by atoms with van der Waals surface area (Å²) in [5.41, 5.74) is 6.75. The zero-order valence-electron chi connectivity index (χ0n) is 9.21. The van der Waals surface area contributed by atoms with E-state index in [0.717, 1.165) is 5.56 Å². The van der Waals surface area contributed by atoms with E-state index >= 15 is 0 Å². The van der Waals surface area contributed by atoms with Gasteiger partial charge in [-0.3, -0.25) is 0 Å². The topological polar surface area (TPSA) is 49.8 Å². The normalized spacial score (nSPS) is 13.3. The first kappa shape index (κ1) is 11.7. The molecule has 1 aromatic rings. The molecule has 1 atom stereocenters. The molecule has 0 unspecified atom stereocenters. The monoisotopic (exact) mass is 206 g/mol. The highest BCUT2D eigenvalue weighted by Gasteiger charge is 2.22. The van der Waals surface area contributed by atoms with Crippen LogP contribution in [0.4, 0.5) is 4.39 Å². The van der Waals surface area contributed by atoms with Gasteiger partial charge < -0.3 is 5.73 Å². The quantitative estimate of drug-likeness (QED) is 0.768. The van der Waals surface area contributed by atoms with Crippen LogP contribution in [0.3, 0.4) is 0 Å². The van der Waals surface area contributed by atoms with Gasteiger partial charge in [0.05, 0.1) is 5.56 Å². The minimum Gasteiger partial charge on any atom is -0.324 e. The Hall–Kier alpha value is -1.40. The van der Waals surface area contributed by atoms with Gasteiger partial charge in [0.15, 0.2) is 0 Å². The largest absolute Gasteiger partial charge is 0.324 e. The zero-order chi connectivity index (χ0) is 11.6. The summed E-state index contributed by atoms with van der Waals surface area (Å²) in [7, 11) is 0. The van der Waals surface area contributed by atoms with Crippen molar-refractivity contribution in [2.75, 3.05) is 0 Å². The number of benzene rings is 1. The van der Waals surface area contributed by atoms with Crippen LogP contribution in [0.1, 0.15) is 37.9 Å². The first-order chi connectivity index (χ1) is 6.86. The van der Waals surface area contributed by atoms with E-state index in [-0.39, 0.29) is 17.0 Å². The number of nitrogens with two attached hydrogens (primary N) is 1. The number of nitriles is 1. The van der Waals surface area contributed by atoms with E-state index in [2.05, 4.69) is 0 Å². The summed E-state index contributed by atoms with van der Waals surface area (Å²) in [4.78, 5) is 0. The lowest BCUT2D eigenvalue weighted by molar-refractivity contribution is 0.326. The van der Waals surface area contributed by atoms with E-state index in [9.17, 15) is 4.39 Å². The smallest absolute Gasteiger partial charge is 0.140 e. The van der Waals surface area contributed by atoms with Crippen LogP contribution >= 0.6 is 0 Å². The Kier molecular flexibility index (Phi) is 3.11. The van der Waals surface area contributed by atoms with E-state index in [0.29, 0.717) is 0 Å². The number of nitrogens with zero attached hydrogens (tertiary/aromatic N) is 1. The van der Waals surface area contributed by atoms with Crippen molar-refractivity contribution in [2.45, 2.75) is 26.8 Å². The van der Waals surface area contributed by atoms with Crippen molar-refractivity contribution < 1.29 is 4.39 Å². The predicted molar refractivity (Wildman–Crippen MR) is 57.5 cm³/mol. The van der Waals surface area contributed by atoms with Crippen molar-refractivity contribution in [2.24, 2.45) is 11.1 Å². The van der Waals surface area contributed by atoms with Gasteiger partial charge in [-0.05, 0) is 23.1 Å². The zero-order valence-corrected chi connectivity index (χ0v) is 9.21. The van der Waals surface area contributed by atoms with Gasteiger partial charge in [-0.25, -0.2) is 4.39 Å². The van der Waals surface area contributed by atoms with E-state index in [1.807, 2.05) is 26.8 Å². The van der Waals surface area contributed by atoms with Gasteiger partial charge in [0.2, 0.25) is 0 Å². The fourth-order valence-corrected chi connectivity index (χ4v) is 1.32. The Morgan fingerprint density at radius 3 is 2.47 bits per heavy atom. The molecule has 15 heavy (non-hydrogen) atoms. The Bertz CT molecular complexity index is 399. The molecule has 1 aromatic carbocycles. The number of hydrogen-bond donors (Lipinski definition) is 1. The maximum absolute atomic E-state index is 13.1. The maximum Gasteiger partial charge on any atom is 0.140 e. The van der Waals surface area contributed by atoms with Gasteiger partial charge in [-0.15, -0.1) is 0 Å². The third-order valence-corrected chi connectivity index (χ3v) is 2.40. The van der Waals surface area contributed by atoms with Gasteiger partial charge >= 0.3 is 0 Å². The van der Waals surface area contributed by atoms with Crippen LogP contribution in [0.2, 0.25) is 0 Å². The molecule has 0 heterocycles. The van der Waals surface area contributed by atoms with Gasteiger partial charge in [-0.1, -0.05) is 26.8 Å². The first-order valence-corrected chi connectivity index (χ1v) is 4.81. The molecule has 0 aromatic heterocycles. The second-order valence-electron chi connectivity index (χ2n) is 4.69. The molecule has 80 valence electrons. The average Bonchev–Trinajstić information content (AvgIpc) is 2.16. The molecule has 0 amide bonds. The lowest BCUT2D eigenvalue weighted by atomic mass is 9.83.